The Balaban J connectivity index is 1.77. The fourth-order valence-electron chi connectivity index (χ4n) is 2.24. The van der Waals surface area contributed by atoms with Crippen molar-refractivity contribution < 1.29 is 9.13 Å². The van der Waals surface area contributed by atoms with Crippen LogP contribution in [0.15, 0.2) is 18.2 Å². The number of anilines is 1. The fraction of sp³-hybridized carbons (Fsp3) is 0.462. The zero-order valence-corrected chi connectivity index (χ0v) is 11.0. The van der Waals surface area contributed by atoms with Gasteiger partial charge in [0, 0.05) is 6.61 Å². The average molecular weight is 266 g/mol. The average Bonchev–Trinajstić information content (AvgIpc) is 2.95. The molecule has 0 aliphatic carbocycles. The molecule has 0 saturated carbocycles. The first-order valence-electron chi connectivity index (χ1n) is 6.16. The van der Waals surface area contributed by atoms with Gasteiger partial charge < -0.3 is 10.1 Å². The van der Waals surface area contributed by atoms with Gasteiger partial charge in [-0.05, 0) is 38.0 Å². The van der Waals surface area contributed by atoms with Gasteiger partial charge in [-0.1, -0.05) is 11.3 Å². The quantitative estimate of drug-likeness (QED) is 0.924. The van der Waals surface area contributed by atoms with E-state index in [0.717, 1.165) is 34.8 Å². The normalized spacial score (nSPS) is 21.3. The number of nitrogens with one attached hydrogen (secondary N) is 1. The molecule has 0 amide bonds. The maximum atomic E-state index is 13.1. The minimum atomic E-state index is -0.218. The molecular weight excluding hydrogens is 251 g/mol. The van der Waals surface area contributed by atoms with E-state index in [2.05, 4.69) is 17.2 Å². The van der Waals surface area contributed by atoms with Crippen LogP contribution in [0.2, 0.25) is 0 Å². The lowest BCUT2D eigenvalue weighted by atomic mass is 10.1. The van der Waals surface area contributed by atoms with Gasteiger partial charge in [-0.25, -0.2) is 9.37 Å². The van der Waals surface area contributed by atoms with Gasteiger partial charge in [-0.2, -0.15) is 0 Å². The van der Waals surface area contributed by atoms with Crippen molar-refractivity contribution in [3.05, 3.63) is 24.0 Å². The highest BCUT2D eigenvalue weighted by Crippen LogP contribution is 2.28. The largest absolute Gasteiger partial charge is 0.376 e. The van der Waals surface area contributed by atoms with Gasteiger partial charge in [0.05, 0.1) is 22.4 Å². The summed E-state index contributed by atoms with van der Waals surface area (Å²) in [6.45, 7) is 2.95. The SMILES string of the molecule is CC(Nc1nc2ccc(F)cc2s1)C1CCCO1. The summed E-state index contributed by atoms with van der Waals surface area (Å²) in [4.78, 5) is 4.45. The third-order valence-electron chi connectivity index (χ3n) is 3.22. The highest BCUT2D eigenvalue weighted by atomic mass is 32.1. The summed E-state index contributed by atoms with van der Waals surface area (Å²) < 4.78 is 19.6. The van der Waals surface area contributed by atoms with E-state index in [1.807, 2.05) is 0 Å². The molecule has 1 fully saturated rings. The summed E-state index contributed by atoms with van der Waals surface area (Å²) >= 11 is 1.48. The van der Waals surface area contributed by atoms with Crippen molar-refractivity contribution in [2.75, 3.05) is 11.9 Å². The molecule has 18 heavy (non-hydrogen) atoms. The first-order valence-corrected chi connectivity index (χ1v) is 6.98. The van der Waals surface area contributed by atoms with Crippen molar-refractivity contribution in [1.29, 1.82) is 0 Å². The minimum Gasteiger partial charge on any atom is -0.376 e. The van der Waals surface area contributed by atoms with Gasteiger partial charge in [0.25, 0.3) is 0 Å². The van der Waals surface area contributed by atoms with Crippen molar-refractivity contribution in [3.63, 3.8) is 0 Å². The second kappa shape index (κ2) is 4.82. The van der Waals surface area contributed by atoms with Crippen LogP contribution in [0.3, 0.4) is 0 Å². The zero-order chi connectivity index (χ0) is 12.5. The maximum absolute atomic E-state index is 13.1. The number of nitrogens with zero attached hydrogens (tertiary/aromatic N) is 1. The van der Waals surface area contributed by atoms with Crippen LogP contribution in [0, 0.1) is 5.82 Å². The lowest BCUT2D eigenvalue weighted by Gasteiger charge is -2.19. The number of thiazole rings is 1. The number of aromatic nitrogens is 1. The monoisotopic (exact) mass is 266 g/mol. The number of halogens is 1. The molecule has 5 heteroatoms. The number of ether oxygens (including phenoxy) is 1. The molecule has 2 heterocycles. The Labute approximate surface area is 109 Å². The smallest absolute Gasteiger partial charge is 0.184 e. The second-order valence-corrected chi connectivity index (χ2v) is 5.65. The topological polar surface area (TPSA) is 34.2 Å². The lowest BCUT2D eigenvalue weighted by Crippen LogP contribution is -2.29. The van der Waals surface area contributed by atoms with E-state index in [9.17, 15) is 4.39 Å². The molecule has 1 aromatic carbocycles. The Morgan fingerprint density at radius 3 is 3.22 bits per heavy atom. The van der Waals surface area contributed by atoms with Crippen LogP contribution in [0.5, 0.6) is 0 Å². The standard InChI is InChI=1S/C13H15FN2OS/c1-8(11-3-2-6-17-11)15-13-16-10-5-4-9(14)7-12(10)18-13/h4-5,7-8,11H,2-3,6H2,1H3,(H,15,16). The molecule has 1 saturated heterocycles. The molecule has 3 nitrogen and oxygen atoms in total. The Morgan fingerprint density at radius 1 is 1.56 bits per heavy atom. The second-order valence-electron chi connectivity index (χ2n) is 4.62. The maximum Gasteiger partial charge on any atom is 0.184 e. The summed E-state index contributed by atoms with van der Waals surface area (Å²) in [5.74, 6) is -0.218. The molecule has 0 radical (unpaired) electrons. The molecule has 1 aliphatic heterocycles. The molecule has 1 aliphatic rings. The number of benzene rings is 1. The van der Waals surface area contributed by atoms with E-state index in [1.54, 1.807) is 6.07 Å². The predicted octanol–water partition coefficient (Wildman–Crippen LogP) is 3.41. The molecule has 0 bridgehead atoms. The summed E-state index contributed by atoms with van der Waals surface area (Å²) in [5.41, 5.74) is 0.837. The summed E-state index contributed by atoms with van der Waals surface area (Å²) in [6, 6.07) is 4.91. The van der Waals surface area contributed by atoms with Gasteiger partial charge in [-0.3, -0.25) is 0 Å². The van der Waals surface area contributed by atoms with Crippen LogP contribution < -0.4 is 5.32 Å². The van der Waals surface area contributed by atoms with Crippen molar-refractivity contribution in [3.8, 4) is 0 Å². The van der Waals surface area contributed by atoms with E-state index in [1.165, 1.54) is 23.5 Å². The molecule has 0 spiro atoms. The Morgan fingerprint density at radius 2 is 2.44 bits per heavy atom. The van der Waals surface area contributed by atoms with E-state index in [4.69, 9.17) is 4.74 Å². The van der Waals surface area contributed by atoms with Crippen LogP contribution in [0.1, 0.15) is 19.8 Å². The third kappa shape index (κ3) is 2.33. The lowest BCUT2D eigenvalue weighted by molar-refractivity contribution is 0.0996. The van der Waals surface area contributed by atoms with Crippen LogP contribution >= 0.6 is 11.3 Å². The van der Waals surface area contributed by atoms with E-state index in [-0.39, 0.29) is 18.0 Å². The van der Waals surface area contributed by atoms with Gasteiger partial charge in [0.2, 0.25) is 0 Å². The molecule has 1 N–H and O–H groups in total. The van der Waals surface area contributed by atoms with Crippen molar-refractivity contribution in [2.45, 2.75) is 31.9 Å². The fourth-order valence-corrected chi connectivity index (χ4v) is 3.23. The van der Waals surface area contributed by atoms with Crippen LogP contribution in [0.25, 0.3) is 10.2 Å². The molecule has 2 atom stereocenters. The molecule has 2 aromatic rings. The highest BCUT2D eigenvalue weighted by Gasteiger charge is 2.22. The van der Waals surface area contributed by atoms with Crippen molar-refractivity contribution in [2.24, 2.45) is 0 Å². The number of hydrogen-bond donors (Lipinski definition) is 1. The van der Waals surface area contributed by atoms with Gasteiger partial charge in [0.15, 0.2) is 5.13 Å². The zero-order valence-electron chi connectivity index (χ0n) is 10.1. The van der Waals surface area contributed by atoms with Gasteiger partial charge in [0.1, 0.15) is 5.82 Å². The minimum absolute atomic E-state index is 0.218. The predicted molar refractivity (Wildman–Crippen MR) is 71.6 cm³/mol. The summed E-state index contributed by atoms with van der Waals surface area (Å²) in [7, 11) is 0. The van der Waals surface area contributed by atoms with E-state index < -0.39 is 0 Å². The third-order valence-corrected chi connectivity index (χ3v) is 4.17. The van der Waals surface area contributed by atoms with Crippen molar-refractivity contribution in [1.82, 2.24) is 4.98 Å². The molecule has 2 unspecified atom stereocenters. The van der Waals surface area contributed by atoms with E-state index in [0.29, 0.717) is 0 Å². The van der Waals surface area contributed by atoms with Crippen molar-refractivity contribution >= 4 is 26.7 Å². The molecule has 96 valence electrons. The molecule has 3 rings (SSSR count). The number of fused-ring (bicyclic) bond motifs is 1. The summed E-state index contributed by atoms with van der Waals surface area (Å²) in [6.07, 6.45) is 2.48. The Bertz CT molecular complexity index is 551. The Kier molecular flexibility index (Phi) is 3.18. The molecular formula is C13H15FN2OS. The number of hydrogen-bond acceptors (Lipinski definition) is 4. The summed E-state index contributed by atoms with van der Waals surface area (Å²) in [5, 5.41) is 4.18. The first kappa shape index (κ1) is 11.9. The highest BCUT2D eigenvalue weighted by molar-refractivity contribution is 7.22. The van der Waals surface area contributed by atoms with E-state index >= 15 is 0 Å². The number of rotatable bonds is 3. The Hall–Kier alpha value is -1.20. The van der Waals surface area contributed by atoms with Gasteiger partial charge in [-0.15, -0.1) is 0 Å². The van der Waals surface area contributed by atoms with Crippen LogP contribution in [0.4, 0.5) is 9.52 Å². The van der Waals surface area contributed by atoms with Crippen LogP contribution in [-0.4, -0.2) is 23.7 Å². The van der Waals surface area contributed by atoms with Gasteiger partial charge >= 0.3 is 0 Å². The molecule has 1 aromatic heterocycles. The first-order chi connectivity index (χ1) is 8.72. The van der Waals surface area contributed by atoms with Crippen LogP contribution in [-0.2, 0) is 4.74 Å².